The molecule has 0 bridgehead atoms. The average molecular weight is 241 g/mol. The second kappa shape index (κ2) is 4.52. The van der Waals surface area contributed by atoms with Gasteiger partial charge in [0.2, 0.25) is 0 Å². The lowest BCUT2D eigenvalue weighted by molar-refractivity contribution is -0.385. The molecule has 1 rings (SSSR count). The standard InChI is InChI=1S/C10H15N3O4/c1-5-17-9(14)10(3,4)12-6-8(13(15)16)7(2)11-12/h6H,5H2,1-4H3. The summed E-state index contributed by atoms with van der Waals surface area (Å²) in [6.45, 7) is 6.67. The number of carbonyl (C=O) groups excluding carboxylic acids is 1. The molecule has 0 N–H and O–H groups in total. The number of rotatable bonds is 4. The molecule has 0 aliphatic carbocycles. The molecule has 0 saturated heterocycles. The highest BCUT2D eigenvalue weighted by Gasteiger charge is 2.34. The second-order valence-electron chi connectivity index (χ2n) is 4.08. The van der Waals surface area contributed by atoms with Crippen LogP contribution in [-0.2, 0) is 15.1 Å². The molecule has 0 atom stereocenters. The number of aryl methyl sites for hydroxylation is 1. The summed E-state index contributed by atoms with van der Waals surface area (Å²) in [5, 5.41) is 14.7. The van der Waals surface area contributed by atoms with Crippen molar-refractivity contribution in [1.82, 2.24) is 9.78 Å². The maximum Gasteiger partial charge on any atom is 0.333 e. The molecule has 0 aromatic carbocycles. The van der Waals surface area contributed by atoms with E-state index in [4.69, 9.17) is 4.74 Å². The van der Waals surface area contributed by atoms with E-state index in [-0.39, 0.29) is 18.0 Å². The number of esters is 1. The molecule has 0 aliphatic heterocycles. The quantitative estimate of drug-likeness (QED) is 0.451. The lowest BCUT2D eigenvalue weighted by atomic mass is 10.1. The first-order valence-corrected chi connectivity index (χ1v) is 5.19. The van der Waals surface area contributed by atoms with E-state index < -0.39 is 16.4 Å². The van der Waals surface area contributed by atoms with Crippen molar-refractivity contribution in [3.63, 3.8) is 0 Å². The fourth-order valence-electron chi connectivity index (χ4n) is 1.32. The Morgan fingerprint density at radius 3 is 2.65 bits per heavy atom. The van der Waals surface area contributed by atoms with Gasteiger partial charge in [0.1, 0.15) is 11.9 Å². The van der Waals surface area contributed by atoms with Crippen LogP contribution in [0.4, 0.5) is 5.69 Å². The van der Waals surface area contributed by atoms with Crippen molar-refractivity contribution in [3.05, 3.63) is 22.0 Å². The van der Waals surface area contributed by atoms with E-state index in [1.54, 1.807) is 20.8 Å². The van der Waals surface area contributed by atoms with E-state index in [2.05, 4.69) is 5.10 Å². The van der Waals surface area contributed by atoms with Crippen molar-refractivity contribution < 1.29 is 14.5 Å². The minimum Gasteiger partial charge on any atom is -0.464 e. The van der Waals surface area contributed by atoms with Crippen LogP contribution in [0.2, 0.25) is 0 Å². The number of hydrogen-bond acceptors (Lipinski definition) is 5. The fourth-order valence-corrected chi connectivity index (χ4v) is 1.32. The zero-order valence-corrected chi connectivity index (χ0v) is 10.3. The Bertz CT molecular complexity index is 450. The molecule has 17 heavy (non-hydrogen) atoms. The minimum absolute atomic E-state index is 0.109. The minimum atomic E-state index is -1.06. The Morgan fingerprint density at radius 2 is 2.24 bits per heavy atom. The van der Waals surface area contributed by atoms with E-state index in [0.717, 1.165) is 0 Å². The number of nitrogens with zero attached hydrogens (tertiary/aromatic N) is 3. The molecule has 94 valence electrons. The Morgan fingerprint density at radius 1 is 1.65 bits per heavy atom. The van der Waals surface area contributed by atoms with Crippen LogP contribution in [0.25, 0.3) is 0 Å². The highest BCUT2D eigenvalue weighted by atomic mass is 16.6. The molecule has 0 saturated carbocycles. The summed E-state index contributed by atoms with van der Waals surface area (Å²) >= 11 is 0. The molecule has 0 amide bonds. The van der Waals surface area contributed by atoms with Crippen LogP contribution in [0.5, 0.6) is 0 Å². The summed E-state index contributed by atoms with van der Waals surface area (Å²) in [6.07, 6.45) is 1.24. The van der Waals surface area contributed by atoms with Gasteiger partial charge in [-0.3, -0.25) is 10.1 Å². The Labute approximate surface area is 98.5 Å². The van der Waals surface area contributed by atoms with E-state index >= 15 is 0 Å². The highest BCUT2D eigenvalue weighted by molar-refractivity contribution is 5.77. The average Bonchev–Trinajstić information content (AvgIpc) is 2.61. The van der Waals surface area contributed by atoms with Gasteiger partial charge in [-0.05, 0) is 27.7 Å². The van der Waals surface area contributed by atoms with Crippen LogP contribution < -0.4 is 0 Å². The molecule has 0 fully saturated rings. The molecular weight excluding hydrogens is 226 g/mol. The first kappa shape index (κ1) is 13.1. The van der Waals surface area contributed by atoms with Crippen LogP contribution in [0.15, 0.2) is 6.20 Å². The van der Waals surface area contributed by atoms with Crippen LogP contribution in [-0.4, -0.2) is 27.3 Å². The van der Waals surface area contributed by atoms with Crippen molar-refractivity contribution in [3.8, 4) is 0 Å². The maximum absolute atomic E-state index is 11.7. The van der Waals surface area contributed by atoms with E-state index in [0.29, 0.717) is 0 Å². The second-order valence-corrected chi connectivity index (χ2v) is 4.08. The molecule has 7 nitrogen and oxygen atoms in total. The highest BCUT2D eigenvalue weighted by Crippen LogP contribution is 2.22. The van der Waals surface area contributed by atoms with Crippen molar-refractivity contribution in [1.29, 1.82) is 0 Å². The summed E-state index contributed by atoms with van der Waals surface area (Å²) in [6, 6.07) is 0. The lowest BCUT2D eigenvalue weighted by Crippen LogP contribution is -2.37. The summed E-state index contributed by atoms with van der Waals surface area (Å²) in [5.41, 5.74) is -0.899. The lowest BCUT2D eigenvalue weighted by Gasteiger charge is -2.22. The predicted molar refractivity (Wildman–Crippen MR) is 59.6 cm³/mol. The zero-order chi connectivity index (χ0) is 13.2. The van der Waals surface area contributed by atoms with Crippen LogP contribution in [0, 0.1) is 17.0 Å². The maximum atomic E-state index is 11.7. The third-order valence-electron chi connectivity index (χ3n) is 2.42. The SMILES string of the molecule is CCOC(=O)C(C)(C)n1cc([N+](=O)[O-])c(C)n1. The molecular formula is C10H15N3O4. The first-order chi connectivity index (χ1) is 7.80. The number of carbonyl (C=O) groups is 1. The van der Waals surface area contributed by atoms with Gasteiger partial charge in [0, 0.05) is 0 Å². The van der Waals surface area contributed by atoms with Crippen molar-refractivity contribution in [2.45, 2.75) is 33.2 Å². The third kappa shape index (κ3) is 2.43. The first-order valence-electron chi connectivity index (χ1n) is 5.19. The molecule has 0 unspecified atom stereocenters. The van der Waals surface area contributed by atoms with Gasteiger partial charge in [0.05, 0.1) is 11.5 Å². The smallest absolute Gasteiger partial charge is 0.333 e. The summed E-state index contributed by atoms with van der Waals surface area (Å²) in [4.78, 5) is 21.9. The molecule has 1 aromatic rings. The number of ether oxygens (including phenoxy) is 1. The van der Waals surface area contributed by atoms with E-state index in [9.17, 15) is 14.9 Å². The molecule has 1 heterocycles. The van der Waals surface area contributed by atoms with Crippen molar-refractivity contribution >= 4 is 11.7 Å². The van der Waals surface area contributed by atoms with Gasteiger partial charge in [-0.15, -0.1) is 0 Å². The molecule has 1 aromatic heterocycles. The van der Waals surface area contributed by atoms with E-state index in [1.165, 1.54) is 17.8 Å². The normalized spacial score (nSPS) is 11.3. The predicted octanol–water partition coefficient (Wildman–Crippen LogP) is 1.40. The van der Waals surface area contributed by atoms with Gasteiger partial charge in [0.25, 0.3) is 0 Å². The molecule has 0 radical (unpaired) electrons. The topological polar surface area (TPSA) is 87.3 Å². The van der Waals surface area contributed by atoms with E-state index in [1.807, 2.05) is 0 Å². The van der Waals surface area contributed by atoms with Gasteiger partial charge in [-0.2, -0.15) is 5.10 Å². The van der Waals surface area contributed by atoms with Gasteiger partial charge < -0.3 is 4.74 Å². The number of aromatic nitrogens is 2. The fraction of sp³-hybridized carbons (Fsp3) is 0.600. The monoisotopic (exact) mass is 241 g/mol. The van der Waals surface area contributed by atoms with Crippen LogP contribution >= 0.6 is 0 Å². The third-order valence-corrected chi connectivity index (χ3v) is 2.42. The summed E-state index contributed by atoms with van der Waals surface area (Å²) in [7, 11) is 0. The Hall–Kier alpha value is -1.92. The van der Waals surface area contributed by atoms with Gasteiger partial charge in [-0.25, -0.2) is 9.48 Å². The number of hydrogen-bond donors (Lipinski definition) is 0. The van der Waals surface area contributed by atoms with Crippen LogP contribution in [0.3, 0.4) is 0 Å². The summed E-state index contributed by atoms with van der Waals surface area (Å²) in [5.74, 6) is -0.475. The van der Waals surface area contributed by atoms with Gasteiger partial charge in [-0.1, -0.05) is 0 Å². The Kier molecular flexibility index (Phi) is 3.50. The molecule has 7 heteroatoms. The largest absolute Gasteiger partial charge is 0.464 e. The van der Waals surface area contributed by atoms with Crippen LogP contribution in [0.1, 0.15) is 26.5 Å². The molecule has 0 aliphatic rings. The van der Waals surface area contributed by atoms with Gasteiger partial charge in [0.15, 0.2) is 5.54 Å². The number of nitro groups is 1. The summed E-state index contributed by atoms with van der Waals surface area (Å²) < 4.78 is 6.16. The van der Waals surface area contributed by atoms with Crippen molar-refractivity contribution in [2.75, 3.05) is 6.61 Å². The van der Waals surface area contributed by atoms with Crippen molar-refractivity contribution in [2.24, 2.45) is 0 Å². The zero-order valence-electron chi connectivity index (χ0n) is 10.3. The van der Waals surface area contributed by atoms with Gasteiger partial charge >= 0.3 is 11.7 Å². The molecule has 0 spiro atoms. The Balaban J connectivity index is 3.11.